The minimum atomic E-state index is -0.0631. The summed E-state index contributed by atoms with van der Waals surface area (Å²) in [6.07, 6.45) is 1.79. The van der Waals surface area contributed by atoms with E-state index in [1.807, 2.05) is 24.3 Å². The monoisotopic (exact) mass is 248 g/mol. The highest BCUT2D eigenvalue weighted by Crippen LogP contribution is 2.19. The summed E-state index contributed by atoms with van der Waals surface area (Å²) >= 11 is 0. The molecule has 0 bridgehead atoms. The third-order valence-corrected chi connectivity index (χ3v) is 3.47. The molecule has 1 heterocycles. The second-order valence-electron chi connectivity index (χ2n) is 4.72. The van der Waals surface area contributed by atoms with Gasteiger partial charge in [-0.3, -0.25) is 0 Å². The molecule has 1 unspecified atom stereocenters. The van der Waals surface area contributed by atoms with E-state index in [0.717, 1.165) is 30.6 Å². The molecule has 2 rings (SSSR count). The zero-order valence-corrected chi connectivity index (χ0v) is 10.7. The van der Waals surface area contributed by atoms with Gasteiger partial charge in [0, 0.05) is 31.3 Å². The molecule has 1 atom stereocenters. The lowest BCUT2D eigenvalue weighted by Gasteiger charge is -2.18. The third-order valence-electron chi connectivity index (χ3n) is 3.47. The predicted molar refractivity (Wildman–Crippen MR) is 71.6 cm³/mol. The van der Waals surface area contributed by atoms with E-state index < -0.39 is 0 Å². The van der Waals surface area contributed by atoms with Crippen LogP contribution in [0.5, 0.6) is 0 Å². The summed E-state index contributed by atoms with van der Waals surface area (Å²) in [6, 6.07) is 7.79. The van der Waals surface area contributed by atoms with E-state index in [9.17, 15) is 4.79 Å². The second-order valence-corrected chi connectivity index (χ2v) is 4.72. The number of aliphatic hydroxyl groups is 1. The molecule has 2 amide bonds. The number of aryl methyl sites for hydroxylation is 1. The number of hydrogen-bond donors (Lipinski definition) is 2. The summed E-state index contributed by atoms with van der Waals surface area (Å²) in [7, 11) is 0. The minimum Gasteiger partial charge on any atom is -0.396 e. The highest BCUT2D eigenvalue weighted by atomic mass is 16.3. The van der Waals surface area contributed by atoms with E-state index in [4.69, 9.17) is 5.11 Å². The van der Waals surface area contributed by atoms with Gasteiger partial charge in [0.15, 0.2) is 0 Å². The maximum Gasteiger partial charge on any atom is 0.321 e. The van der Waals surface area contributed by atoms with Crippen molar-refractivity contribution in [1.29, 1.82) is 0 Å². The lowest BCUT2D eigenvalue weighted by molar-refractivity contribution is 0.208. The average Bonchev–Trinajstić information content (AvgIpc) is 2.88. The van der Waals surface area contributed by atoms with Gasteiger partial charge in [0.1, 0.15) is 0 Å². The molecule has 1 fully saturated rings. The van der Waals surface area contributed by atoms with Gasteiger partial charge in [-0.25, -0.2) is 4.79 Å². The Morgan fingerprint density at radius 3 is 2.94 bits per heavy atom. The molecule has 2 N–H and O–H groups in total. The maximum atomic E-state index is 12.1. The standard InChI is InChI=1S/C14H20N2O2/c1-2-12-5-3-4-6-13(12)15-14(18)16-8-7-11(9-16)10-17/h3-6,11,17H,2,7-10H2,1H3,(H,15,18). The fourth-order valence-electron chi connectivity index (χ4n) is 2.31. The van der Waals surface area contributed by atoms with Gasteiger partial charge in [-0.15, -0.1) is 0 Å². The Hall–Kier alpha value is -1.55. The van der Waals surface area contributed by atoms with Crippen LogP contribution in [0, 0.1) is 5.92 Å². The van der Waals surface area contributed by atoms with Gasteiger partial charge in [-0.1, -0.05) is 25.1 Å². The minimum absolute atomic E-state index is 0.0631. The number of carbonyl (C=O) groups excluding carboxylic acids is 1. The van der Waals surface area contributed by atoms with Gasteiger partial charge in [0.05, 0.1) is 0 Å². The van der Waals surface area contributed by atoms with Crippen LogP contribution in [0.1, 0.15) is 18.9 Å². The number of likely N-dealkylation sites (tertiary alicyclic amines) is 1. The Morgan fingerprint density at radius 2 is 2.28 bits per heavy atom. The largest absolute Gasteiger partial charge is 0.396 e. The average molecular weight is 248 g/mol. The van der Waals surface area contributed by atoms with Crippen molar-refractivity contribution < 1.29 is 9.90 Å². The van der Waals surface area contributed by atoms with E-state index in [1.165, 1.54) is 0 Å². The van der Waals surface area contributed by atoms with Crippen LogP contribution in [0.4, 0.5) is 10.5 Å². The van der Waals surface area contributed by atoms with Crippen molar-refractivity contribution in [3.63, 3.8) is 0 Å². The molecular formula is C14H20N2O2. The Balaban J connectivity index is 1.99. The number of aliphatic hydroxyl groups excluding tert-OH is 1. The van der Waals surface area contributed by atoms with Crippen molar-refractivity contribution in [3.05, 3.63) is 29.8 Å². The zero-order chi connectivity index (χ0) is 13.0. The van der Waals surface area contributed by atoms with Gasteiger partial charge in [-0.05, 0) is 24.5 Å². The molecule has 0 aliphatic carbocycles. The first-order valence-corrected chi connectivity index (χ1v) is 6.49. The molecule has 1 aromatic rings. The number of carbonyl (C=O) groups is 1. The molecule has 0 radical (unpaired) electrons. The highest BCUT2D eigenvalue weighted by molar-refractivity contribution is 5.90. The van der Waals surface area contributed by atoms with Crippen LogP contribution >= 0.6 is 0 Å². The van der Waals surface area contributed by atoms with Gasteiger partial charge < -0.3 is 15.3 Å². The first-order valence-electron chi connectivity index (χ1n) is 6.49. The van der Waals surface area contributed by atoms with Gasteiger partial charge in [0.25, 0.3) is 0 Å². The fourth-order valence-corrected chi connectivity index (χ4v) is 2.31. The van der Waals surface area contributed by atoms with Crippen molar-refractivity contribution in [3.8, 4) is 0 Å². The Kier molecular flexibility index (Phi) is 4.20. The summed E-state index contributed by atoms with van der Waals surface area (Å²) in [5.41, 5.74) is 2.03. The van der Waals surface area contributed by atoms with Crippen LogP contribution in [0.15, 0.2) is 24.3 Å². The smallest absolute Gasteiger partial charge is 0.321 e. The number of rotatable bonds is 3. The molecule has 0 aromatic heterocycles. The van der Waals surface area contributed by atoms with Crippen molar-refractivity contribution >= 4 is 11.7 Å². The van der Waals surface area contributed by atoms with Crippen LogP contribution in [0.2, 0.25) is 0 Å². The SMILES string of the molecule is CCc1ccccc1NC(=O)N1CCC(CO)C1. The Bertz CT molecular complexity index is 420. The van der Waals surface area contributed by atoms with Crippen LogP contribution in [-0.2, 0) is 6.42 Å². The quantitative estimate of drug-likeness (QED) is 0.860. The van der Waals surface area contributed by atoms with Crippen molar-refractivity contribution in [2.24, 2.45) is 5.92 Å². The maximum absolute atomic E-state index is 12.1. The third kappa shape index (κ3) is 2.82. The van der Waals surface area contributed by atoms with E-state index in [1.54, 1.807) is 4.90 Å². The Morgan fingerprint density at radius 1 is 1.50 bits per heavy atom. The second kappa shape index (κ2) is 5.87. The summed E-state index contributed by atoms with van der Waals surface area (Å²) < 4.78 is 0. The first-order chi connectivity index (χ1) is 8.74. The van der Waals surface area contributed by atoms with Gasteiger partial charge in [-0.2, -0.15) is 0 Å². The summed E-state index contributed by atoms with van der Waals surface area (Å²) in [5, 5.41) is 12.0. The van der Waals surface area contributed by atoms with Crippen LogP contribution < -0.4 is 5.32 Å². The van der Waals surface area contributed by atoms with E-state index in [-0.39, 0.29) is 18.6 Å². The predicted octanol–water partition coefficient (Wildman–Crippen LogP) is 2.10. The Labute approximate surface area is 108 Å². The van der Waals surface area contributed by atoms with E-state index in [2.05, 4.69) is 12.2 Å². The van der Waals surface area contributed by atoms with Crippen molar-refractivity contribution in [1.82, 2.24) is 4.90 Å². The van der Waals surface area contributed by atoms with E-state index >= 15 is 0 Å². The topological polar surface area (TPSA) is 52.6 Å². The molecule has 1 aromatic carbocycles. The fraction of sp³-hybridized carbons (Fsp3) is 0.500. The van der Waals surface area contributed by atoms with Crippen LogP contribution in [0.25, 0.3) is 0 Å². The number of para-hydroxylation sites is 1. The van der Waals surface area contributed by atoms with Gasteiger partial charge in [0.2, 0.25) is 0 Å². The number of hydrogen-bond acceptors (Lipinski definition) is 2. The summed E-state index contributed by atoms with van der Waals surface area (Å²) in [6.45, 7) is 3.61. The molecule has 1 aliphatic rings. The zero-order valence-electron chi connectivity index (χ0n) is 10.7. The molecule has 4 nitrogen and oxygen atoms in total. The van der Waals surface area contributed by atoms with E-state index in [0.29, 0.717) is 6.54 Å². The number of anilines is 1. The molecular weight excluding hydrogens is 228 g/mol. The van der Waals surface area contributed by atoms with Gasteiger partial charge >= 0.3 is 6.03 Å². The number of nitrogens with one attached hydrogen (secondary N) is 1. The molecule has 18 heavy (non-hydrogen) atoms. The number of benzene rings is 1. The van der Waals surface area contributed by atoms with Crippen LogP contribution in [0.3, 0.4) is 0 Å². The highest BCUT2D eigenvalue weighted by Gasteiger charge is 2.25. The van der Waals surface area contributed by atoms with Crippen molar-refractivity contribution in [2.45, 2.75) is 19.8 Å². The molecule has 1 aliphatic heterocycles. The number of nitrogens with zero attached hydrogens (tertiary/aromatic N) is 1. The number of urea groups is 1. The van der Waals surface area contributed by atoms with Crippen LogP contribution in [-0.4, -0.2) is 35.7 Å². The summed E-state index contributed by atoms with van der Waals surface area (Å²) in [5.74, 6) is 0.233. The molecule has 4 heteroatoms. The molecule has 1 saturated heterocycles. The normalized spacial score (nSPS) is 19.0. The number of amides is 2. The molecule has 98 valence electrons. The lowest BCUT2D eigenvalue weighted by Crippen LogP contribution is -2.33. The molecule has 0 spiro atoms. The summed E-state index contributed by atoms with van der Waals surface area (Å²) in [4.78, 5) is 13.8. The van der Waals surface area contributed by atoms with Crippen molar-refractivity contribution in [2.75, 3.05) is 25.0 Å². The first kappa shape index (κ1) is 12.9. The molecule has 0 saturated carbocycles. The lowest BCUT2D eigenvalue weighted by atomic mass is 10.1.